The van der Waals surface area contributed by atoms with Gasteiger partial charge in [-0.3, -0.25) is 4.99 Å². The van der Waals surface area contributed by atoms with Gasteiger partial charge in [-0.2, -0.15) is 0 Å². The van der Waals surface area contributed by atoms with Gasteiger partial charge in [-0.15, -0.1) is 24.0 Å². The summed E-state index contributed by atoms with van der Waals surface area (Å²) >= 11 is 0. The molecular weight excluding hydrogens is 329 g/mol. The van der Waals surface area contributed by atoms with Crippen molar-refractivity contribution in [2.75, 3.05) is 11.9 Å². The summed E-state index contributed by atoms with van der Waals surface area (Å²) in [6.07, 6.45) is 1.30. The predicted octanol–water partition coefficient (Wildman–Crippen LogP) is 2.19. The molecule has 0 aliphatic heterocycles. The van der Waals surface area contributed by atoms with Gasteiger partial charge >= 0.3 is 0 Å². The van der Waals surface area contributed by atoms with Crippen LogP contribution in [0.25, 0.3) is 0 Å². The number of aliphatic imine (C=N–C) groups is 1. The fourth-order valence-electron chi connectivity index (χ4n) is 1.34. The van der Waals surface area contributed by atoms with E-state index < -0.39 is 6.10 Å². The highest BCUT2D eigenvalue weighted by Gasteiger charge is 2.01. The Kier molecular flexibility index (Phi) is 8.79. The van der Waals surface area contributed by atoms with Crippen molar-refractivity contribution in [2.24, 2.45) is 10.7 Å². The van der Waals surface area contributed by atoms with Gasteiger partial charge in [-0.1, -0.05) is 31.5 Å². The molecule has 1 aromatic rings. The smallest absolute Gasteiger partial charge is 0.193 e. The quantitative estimate of drug-likeness (QED) is 0.434. The molecule has 4 nitrogen and oxygen atoms in total. The van der Waals surface area contributed by atoms with Crippen LogP contribution >= 0.6 is 24.0 Å². The molecule has 1 rings (SSSR count). The van der Waals surface area contributed by atoms with Crippen LogP contribution in [-0.2, 0) is 0 Å². The Morgan fingerprint density at radius 2 is 2.06 bits per heavy atom. The van der Waals surface area contributed by atoms with Crippen LogP contribution in [0.4, 0.5) is 5.69 Å². The summed E-state index contributed by atoms with van der Waals surface area (Å²) in [5, 5.41) is 12.4. The average molecular weight is 349 g/mol. The topological polar surface area (TPSA) is 70.6 Å². The predicted molar refractivity (Wildman–Crippen MR) is 82.9 cm³/mol. The molecule has 0 aliphatic carbocycles. The van der Waals surface area contributed by atoms with Crippen molar-refractivity contribution >= 4 is 35.6 Å². The number of hydrogen-bond donors (Lipinski definition) is 3. The second-order valence-electron chi connectivity index (χ2n) is 3.66. The first kappa shape index (κ1) is 16.2. The molecule has 0 heterocycles. The normalized spacial score (nSPS) is 12.7. The van der Waals surface area contributed by atoms with Gasteiger partial charge in [0.2, 0.25) is 0 Å². The van der Waals surface area contributed by atoms with Crippen molar-refractivity contribution in [3.8, 4) is 0 Å². The zero-order valence-corrected chi connectivity index (χ0v) is 12.3. The Morgan fingerprint density at radius 1 is 1.41 bits per heavy atom. The summed E-state index contributed by atoms with van der Waals surface area (Å²) < 4.78 is 0. The van der Waals surface area contributed by atoms with E-state index in [-0.39, 0.29) is 24.0 Å². The Labute approximate surface area is 119 Å². The first-order valence-corrected chi connectivity index (χ1v) is 5.52. The number of halogens is 1. The van der Waals surface area contributed by atoms with E-state index in [9.17, 15) is 5.11 Å². The average Bonchev–Trinajstić information content (AvgIpc) is 2.28. The van der Waals surface area contributed by atoms with Gasteiger partial charge in [-0.05, 0) is 18.6 Å². The van der Waals surface area contributed by atoms with E-state index in [0.717, 1.165) is 18.5 Å². The zero-order valence-electron chi connectivity index (χ0n) is 9.97. The number of nitrogens with zero attached hydrogens (tertiary/aromatic N) is 1. The highest BCUT2D eigenvalue weighted by molar-refractivity contribution is 14.0. The molecule has 0 fully saturated rings. The summed E-state index contributed by atoms with van der Waals surface area (Å²) in [6, 6.07) is 9.59. The molecule has 17 heavy (non-hydrogen) atoms. The Hall–Kier alpha value is -0.820. The second kappa shape index (κ2) is 9.23. The van der Waals surface area contributed by atoms with E-state index in [1.807, 2.05) is 37.3 Å². The number of guanidine groups is 1. The van der Waals surface area contributed by atoms with Crippen molar-refractivity contribution in [3.63, 3.8) is 0 Å². The van der Waals surface area contributed by atoms with Gasteiger partial charge in [0.15, 0.2) is 5.96 Å². The van der Waals surface area contributed by atoms with E-state index >= 15 is 0 Å². The Bertz CT molecular complexity index is 330. The molecule has 0 aromatic heterocycles. The lowest BCUT2D eigenvalue weighted by Crippen LogP contribution is -2.24. The summed E-state index contributed by atoms with van der Waals surface area (Å²) in [5.74, 6) is 0.335. The molecule has 5 heteroatoms. The molecule has 0 saturated carbocycles. The van der Waals surface area contributed by atoms with Crippen molar-refractivity contribution in [3.05, 3.63) is 30.3 Å². The number of hydrogen-bond acceptors (Lipinski definition) is 2. The number of nitrogens with two attached hydrogens (primary N) is 1. The fourth-order valence-corrected chi connectivity index (χ4v) is 1.34. The first-order chi connectivity index (χ1) is 7.72. The third-order valence-electron chi connectivity index (χ3n) is 2.14. The van der Waals surface area contributed by atoms with Crippen molar-refractivity contribution in [1.82, 2.24) is 0 Å². The molecule has 0 radical (unpaired) electrons. The van der Waals surface area contributed by atoms with E-state index in [4.69, 9.17) is 5.73 Å². The molecule has 4 N–H and O–H groups in total. The van der Waals surface area contributed by atoms with Gasteiger partial charge in [0.1, 0.15) is 0 Å². The van der Waals surface area contributed by atoms with E-state index in [1.54, 1.807) is 0 Å². The summed E-state index contributed by atoms with van der Waals surface area (Å²) in [4.78, 5) is 4.07. The highest BCUT2D eigenvalue weighted by atomic mass is 127. The Morgan fingerprint density at radius 3 is 2.65 bits per heavy atom. The van der Waals surface area contributed by atoms with Crippen LogP contribution < -0.4 is 11.1 Å². The van der Waals surface area contributed by atoms with E-state index in [1.165, 1.54) is 0 Å². The lowest BCUT2D eigenvalue weighted by Gasteiger charge is -2.08. The molecular formula is C12H20IN3O. The number of anilines is 1. The second-order valence-corrected chi connectivity index (χ2v) is 3.66. The Balaban J connectivity index is 0.00000256. The molecule has 0 aliphatic rings. The maximum Gasteiger partial charge on any atom is 0.193 e. The SMILES string of the molecule is CCCC(O)CN=C(N)Nc1ccccc1.I. The van der Waals surface area contributed by atoms with Gasteiger partial charge in [0.05, 0.1) is 12.6 Å². The number of para-hydroxylation sites is 1. The highest BCUT2D eigenvalue weighted by Crippen LogP contribution is 2.04. The molecule has 0 amide bonds. The lowest BCUT2D eigenvalue weighted by atomic mass is 10.2. The van der Waals surface area contributed by atoms with Crippen LogP contribution in [0.2, 0.25) is 0 Å². The summed E-state index contributed by atoms with van der Waals surface area (Å²) in [7, 11) is 0. The maximum atomic E-state index is 9.47. The molecule has 96 valence electrons. The third-order valence-corrected chi connectivity index (χ3v) is 2.14. The van der Waals surface area contributed by atoms with Crippen LogP contribution in [-0.4, -0.2) is 23.7 Å². The summed E-state index contributed by atoms with van der Waals surface area (Å²) in [6.45, 7) is 2.37. The van der Waals surface area contributed by atoms with Crippen molar-refractivity contribution < 1.29 is 5.11 Å². The molecule has 0 spiro atoms. The molecule has 1 aromatic carbocycles. The minimum atomic E-state index is -0.402. The van der Waals surface area contributed by atoms with Gasteiger partial charge < -0.3 is 16.2 Å². The van der Waals surface area contributed by atoms with Crippen molar-refractivity contribution in [2.45, 2.75) is 25.9 Å². The molecule has 1 atom stereocenters. The minimum absolute atomic E-state index is 0. The lowest BCUT2D eigenvalue weighted by molar-refractivity contribution is 0.172. The van der Waals surface area contributed by atoms with Crippen LogP contribution in [0.5, 0.6) is 0 Å². The summed E-state index contributed by atoms with van der Waals surface area (Å²) in [5.41, 5.74) is 6.57. The molecule has 1 unspecified atom stereocenters. The van der Waals surface area contributed by atoms with Crippen LogP contribution in [0, 0.1) is 0 Å². The van der Waals surface area contributed by atoms with Crippen LogP contribution in [0.1, 0.15) is 19.8 Å². The number of rotatable bonds is 5. The molecule has 0 bridgehead atoms. The first-order valence-electron chi connectivity index (χ1n) is 5.52. The largest absolute Gasteiger partial charge is 0.391 e. The standard InChI is InChI=1S/C12H19N3O.HI/c1-2-6-11(16)9-14-12(13)15-10-7-4-3-5-8-10;/h3-5,7-8,11,16H,2,6,9H2,1H3,(H3,13,14,15);1H. The number of benzene rings is 1. The maximum absolute atomic E-state index is 9.47. The van der Waals surface area contributed by atoms with Crippen molar-refractivity contribution in [1.29, 1.82) is 0 Å². The number of aliphatic hydroxyl groups excluding tert-OH is 1. The van der Waals surface area contributed by atoms with Crippen LogP contribution in [0.15, 0.2) is 35.3 Å². The zero-order chi connectivity index (χ0) is 11.8. The van der Waals surface area contributed by atoms with Crippen LogP contribution in [0.3, 0.4) is 0 Å². The third kappa shape index (κ3) is 7.17. The number of nitrogens with one attached hydrogen (secondary N) is 1. The van der Waals surface area contributed by atoms with Gasteiger partial charge in [-0.25, -0.2) is 0 Å². The fraction of sp³-hybridized carbons (Fsp3) is 0.417. The van der Waals surface area contributed by atoms with Gasteiger partial charge in [0, 0.05) is 5.69 Å². The monoisotopic (exact) mass is 349 g/mol. The molecule has 0 saturated heterocycles. The minimum Gasteiger partial charge on any atom is -0.391 e. The van der Waals surface area contributed by atoms with E-state index in [2.05, 4.69) is 10.3 Å². The number of aliphatic hydroxyl groups is 1. The van der Waals surface area contributed by atoms with Gasteiger partial charge in [0.25, 0.3) is 0 Å². The van der Waals surface area contributed by atoms with E-state index in [0.29, 0.717) is 12.5 Å².